The molecule has 0 aliphatic rings. The highest BCUT2D eigenvalue weighted by Crippen LogP contribution is 2.11. The van der Waals surface area contributed by atoms with E-state index in [1.807, 2.05) is 0 Å². The van der Waals surface area contributed by atoms with Crippen LogP contribution in [0, 0.1) is 0 Å². The molecule has 1 aromatic heterocycles. The van der Waals surface area contributed by atoms with Gasteiger partial charge in [-0.1, -0.05) is 27.2 Å². The van der Waals surface area contributed by atoms with Gasteiger partial charge >= 0.3 is 0 Å². The van der Waals surface area contributed by atoms with E-state index < -0.39 is 0 Å². The molecule has 0 aromatic carbocycles. The van der Waals surface area contributed by atoms with Crippen LogP contribution in [0.1, 0.15) is 50.9 Å². The SMILES string of the molecule is CCCc1nsc(CC(CCC)NCC)n1. The summed E-state index contributed by atoms with van der Waals surface area (Å²) in [6.07, 6.45) is 5.61. The molecule has 16 heavy (non-hydrogen) atoms. The zero-order valence-electron chi connectivity index (χ0n) is 10.6. The van der Waals surface area contributed by atoms with Crippen LogP contribution in [-0.2, 0) is 12.8 Å². The highest BCUT2D eigenvalue weighted by atomic mass is 32.1. The number of likely N-dealkylation sites (N-methyl/N-ethyl adjacent to an activating group) is 1. The predicted octanol–water partition coefficient (Wildman–Crippen LogP) is 2.81. The molecule has 0 saturated carbocycles. The molecule has 0 aliphatic carbocycles. The van der Waals surface area contributed by atoms with E-state index >= 15 is 0 Å². The number of hydrogen-bond donors (Lipinski definition) is 1. The van der Waals surface area contributed by atoms with Gasteiger partial charge in [-0.15, -0.1) is 0 Å². The number of nitrogens with zero attached hydrogens (tertiary/aromatic N) is 2. The van der Waals surface area contributed by atoms with Gasteiger partial charge < -0.3 is 5.32 Å². The monoisotopic (exact) mass is 241 g/mol. The molecule has 0 saturated heterocycles. The summed E-state index contributed by atoms with van der Waals surface area (Å²) in [7, 11) is 0. The van der Waals surface area contributed by atoms with E-state index in [-0.39, 0.29) is 0 Å². The molecule has 1 rings (SSSR count). The van der Waals surface area contributed by atoms with Gasteiger partial charge in [0.25, 0.3) is 0 Å². The largest absolute Gasteiger partial charge is 0.314 e. The Balaban J connectivity index is 2.48. The highest BCUT2D eigenvalue weighted by Gasteiger charge is 2.11. The number of aromatic nitrogens is 2. The van der Waals surface area contributed by atoms with Crippen LogP contribution in [0.25, 0.3) is 0 Å². The van der Waals surface area contributed by atoms with Gasteiger partial charge in [-0.3, -0.25) is 0 Å². The number of nitrogens with one attached hydrogen (secondary N) is 1. The van der Waals surface area contributed by atoms with E-state index in [1.54, 1.807) is 11.5 Å². The Morgan fingerprint density at radius 1 is 1.25 bits per heavy atom. The summed E-state index contributed by atoms with van der Waals surface area (Å²) >= 11 is 1.57. The van der Waals surface area contributed by atoms with Crippen molar-refractivity contribution in [2.24, 2.45) is 0 Å². The zero-order valence-corrected chi connectivity index (χ0v) is 11.4. The number of rotatable bonds is 8. The average molecular weight is 241 g/mol. The molecule has 0 fully saturated rings. The number of hydrogen-bond acceptors (Lipinski definition) is 4. The maximum Gasteiger partial charge on any atom is 0.142 e. The maximum absolute atomic E-state index is 4.57. The summed E-state index contributed by atoms with van der Waals surface area (Å²) in [6.45, 7) is 7.59. The van der Waals surface area contributed by atoms with E-state index in [1.165, 1.54) is 17.8 Å². The Hall–Kier alpha value is -0.480. The Labute approximate surface area is 103 Å². The van der Waals surface area contributed by atoms with Gasteiger partial charge in [0.15, 0.2) is 0 Å². The van der Waals surface area contributed by atoms with Crippen LogP contribution in [0.2, 0.25) is 0 Å². The Morgan fingerprint density at radius 3 is 2.69 bits per heavy atom. The van der Waals surface area contributed by atoms with E-state index in [4.69, 9.17) is 0 Å². The van der Waals surface area contributed by atoms with Gasteiger partial charge in [0.1, 0.15) is 10.8 Å². The van der Waals surface area contributed by atoms with Crippen LogP contribution in [0.3, 0.4) is 0 Å². The van der Waals surface area contributed by atoms with Gasteiger partial charge in [0.05, 0.1) is 0 Å². The lowest BCUT2D eigenvalue weighted by atomic mass is 10.1. The molecule has 0 radical (unpaired) electrons. The quantitative estimate of drug-likeness (QED) is 0.760. The first-order valence-electron chi connectivity index (χ1n) is 6.34. The molecule has 1 N–H and O–H groups in total. The lowest BCUT2D eigenvalue weighted by Gasteiger charge is -2.14. The maximum atomic E-state index is 4.57. The van der Waals surface area contributed by atoms with Crippen molar-refractivity contribution in [2.45, 2.75) is 58.9 Å². The van der Waals surface area contributed by atoms with Gasteiger partial charge in [0.2, 0.25) is 0 Å². The zero-order chi connectivity index (χ0) is 11.8. The molecule has 0 bridgehead atoms. The first kappa shape index (κ1) is 13.6. The van der Waals surface area contributed by atoms with Crippen molar-refractivity contribution >= 4 is 11.5 Å². The fraction of sp³-hybridized carbons (Fsp3) is 0.833. The Bertz CT molecular complexity index is 280. The summed E-state index contributed by atoms with van der Waals surface area (Å²) in [4.78, 5) is 4.57. The molecule has 92 valence electrons. The van der Waals surface area contributed by atoms with Gasteiger partial charge in [-0.2, -0.15) is 4.37 Å². The van der Waals surface area contributed by atoms with E-state index in [0.717, 1.165) is 31.6 Å². The van der Waals surface area contributed by atoms with E-state index in [9.17, 15) is 0 Å². The van der Waals surface area contributed by atoms with Crippen molar-refractivity contribution < 1.29 is 0 Å². The van der Waals surface area contributed by atoms with Crippen LogP contribution in [0.4, 0.5) is 0 Å². The second-order valence-corrected chi connectivity index (χ2v) is 4.94. The molecule has 4 heteroatoms. The fourth-order valence-corrected chi connectivity index (χ4v) is 2.59. The fourth-order valence-electron chi connectivity index (χ4n) is 1.82. The Kier molecular flexibility index (Phi) is 6.57. The van der Waals surface area contributed by atoms with Gasteiger partial charge in [-0.25, -0.2) is 4.98 Å². The van der Waals surface area contributed by atoms with Crippen molar-refractivity contribution in [3.63, 3.8) is 0 Å². The third-order valence-electron chi connectivity index (χ3n) is 2.53. The topological polar surface area (TPSA) is 37.8 Å². The summed E-state index contributed by atoms with van der Waals surface area (Å²) in [5.41, 5.74) is 0. The van der Waals surface area contributed by atoms with Crippen molar-refractivity contribution in [2.75, 3.05) is 6.54 Å². The Morgan fingerprint density at radius 2 is 2.06 bits per heavy atom. The van der Waals surface area contributed by atoms with Crippen molar-refractivity contribution in [1.29, 1.82) is 0 Å². The molecule has 0 amide bonds. The smallest absolute Gasteiger partial charge is 0.142 e. The normalized spacial score (nSPS) is 12.9. The third-order valence-corrected chi connectivity index (χ3v) is 3.31. The van der Waals surface area contributed by atoms with Crippen LogP contribution >= 0.6 is 11.5 Å². The van der Waals surface area contributed by atoms with Crippen LogP contribution in [0.5, 0.6) is 0 Å². The highest BCUT2D eigenvalue weighted by molar-refractivity contribution is 7.05. The summed E-state index contributed by atoms with van der Waals surface area (Å²) in [5.74, 6) is 1.02. The minimum Gasteiger partial charge on any atom is -0.314 e. The molecule has 0 spiro atoms. The molecule has 3 nitrogen and oxygen atoms in total. The lowest BCUT2D eigenvalue weighted by Crippen LogP contribution is -2.30. The summed E-state index contributed by atoms with van der Waals surface area (Å²) in [6, 6.07) is 0.567. The van der Waals surface area contributed by atoms with Crippen LogP contribution in [0.15, 0.2) is 0 Å². The van der Waals surface area contributed by atoms with Gasteiger partial charge in [0, 0.05) is 18.9 Å². The van der Waals surface area contributed by atoms with Crippen molar-refractivity contribution in [1.82, 2.24) is 14.7 Å². The standard InChI is InChI=1S/C12H23N3S/c1-4-7-10(13-6-3)9-12-14-11(8-5-2)15-16-12/h10,13H,4-9H2,1-3H3. The van der Waals surface area contributed by atoms with Crippen LogP contribution in [-0.4, -0.2) is 21.9 Å². The molecular formula is C12H23N3S. The van der Waals surface area contributed by atoms with Crippen molar-refractivity contribution in [3.8, 4) is 0 Å². The minimum absolute atomic E-state index is 0.567. The minimum atomic E-state index is 0.567. The predicted molar refractivity (Wildman–Crippen MR) is 70.0 cm³/mol. The average Bonchev–Trinajstić information content (AvgIpc) is 2.67. The second kappa shape index (κ2) is 7.74. The lowest BCUT2D eigenvalue weighted by molar-refractivity contribution is 0.484. The molecule has 1 unspecified atom stereocenters. The summed E-state index contributed by atoms with van der Waals surface area (Å²) < 4.78 is 4.38. The van der Waals surface area contributed by atoms with Crippen molar-refractivity contribution in [3.05, 3.63) is 10.8 Å². The summed E-state index contributed by atoms with van der Waals surface area (Å²) in [5, 5.41) is 4.70. The molecule has 1 heterocycles. The molecular weight excluding hydrogens is 218 g/mol. The number of aryl methyl sites for hydroxylation is 1. The van der Waals surface area contributed by atoms with E-state index in [2.05, 4.69) is 35.4 Å². The first-order chi connectivity index (χ1) is 7.80. The van der Waals surface area contributed by atoms with E-state index in [0.29, 0.717) is 6.04 Å². The molecule has 1 atom stereocenters. The molecule has 1 aromatic rings. The second-order valence-electron chi connectivity index (χ2n) is 4.10. The molecule has 0 aliphatic heterocycles. The van der Waals surface area contributed by atoms with Crippen LogP contribution < -0.4 is 5.32 Å². The third kappa shape index (κ3) is 4.58. The first-order valence-corrected chi connectivity index (χ1v) is 7.12. The van der Waals surface area contributed by atoms with Gasteiger partial charge in [-0.05, 0) is 30.9 Å².